The van der Waals surface area contributed by atoms with Gasteiger partial charge in [-0.05, 0) is 26.1 Å². The Labute approximate surface area is 97.8 Å². The maximum Gasteiger partial charge on any atom is 0.0542 e. The van der Waals surface area contributed by atoms with Crippen molar-refractivity contribution in [3.63, 3.8) is 0 Å². The molecule has 0 saturated carbocycles. The number of hydrogen-bond acceptors (Lipinski definition) is 3. The summed E-state index contributed by atoms with van der Waals surface area (Å²) in [6.07, 6.45) is 0. The molecule has 0 bridgehead atoms. The van der Waals surface area contributed by atoms with Crippen LogP contribution in [0, 0.1) is 0 Å². The van der Waals surface area contributed by atoms with Crippen LogP contribution in [0.2, 0.25) is 0 Å². The van der Waals surface area contributed by atoms with Crippen LogP contribution in [0.5, 0.6) is 0 Å². The summed E-state index contributed by atoms with van der Waals surface area (Å²) in [5, 5.41) is 0. The van der Waals surface area contributed by atoms with E-state index in [1.54, 1.807) is 0 Å². The Balaban J connectivity index is 2.23. The molecule has 2 N–H and O–H groups in total. The van der Waals surface area contributed by atoms with E-state index < -0.39 is 0 Å². The van der Waals surface area contributed by atoms with Crippen LogP contribution in [0.4, 0.5) is 5.69 Å². The van der Waals surface area contributed by atoms with E-state index in [0.717, 1.165) is 13.1 Å². The Hall–Kier alpha value is -1.06. The maximum atomic E-state index is 5.89. The standard InChI is InChI=1S/C13H21N3/c1-11-9-15(2)10-13(8-14)16(11)12-6-4-3-5-7-12/h3-7,11,13H,8-10,14H2,1-2H3. The summed E-state index contributed by atoms with van der Waals surface area (Å²) in [4.78, 5) is 4.82. The SMILES string of the molecule is CC1CN(C)CC(CN)N1c1ccccc1. The van der Waals surface area contributed by atoms with Crippen molar-refractivity contribution in [2.45, 2.75) is 19.0 Å². The van der Waals surface area contributed by atoms with Crippen LogP contribution in [-0.2, 0) is 0 Å². The molecule has 2 rings (SSSR count). The Bertz CT molecular complexity index is 325. The van der Waals surface area contributed by atoms with Gasteiger partial charge in [-0.25, -0.2) is 0 Å². The summed E-state index contributed by atoms with van der Waals surface area (Å²) < 4.78 is 0. The van der Waals surface area contributed by atoms with E-state index in [-0.39, 0.29) is 0 Å². The quantitative estimate of drug-likeness (QED) is 0.810. The van der Waals surface area contributed by atoms with Gasteiger partial charge in [-0.15, -0.1) is 0 Å². The molecule has 0 amide bonds. The largest absolute Gasteiger partial charge is 0.362 e. The van der Waals surface area contributed by atoms with Crippen LogP contribution in [0.3, 0.4) is 0 Å². The minimum atomic E-state index is 0.427. The fraction of sp³-hybridized carbons (Fsp3) is 0.538. The van der Waals surface area contributed by atoms with Gasteiger partial charge in [-0.2, -0.15) is 0 Å². The summed E-state index contributed by atoms with van der Waals surface area (Å²) in [6.45, 7) is 5.13. The van der Waals surface area contributed by atoms with Crippen molar-refractivity contribution in [2.75, 3.05) is 31.6 Å². The van der Waals surface area contributed by atoms with E-state index in [1.807, 2.05) is 0 Å². The molecule has 1 aliphatic heterocycles. The van der Waals surface area contributed by atoms with Crippen LogP contribution in [0.1, 0.15) is 6.92 Å². The fourth-order valence-electron chi connectivity index (χ4n) is 2.67. The van der Waals surface area contributed by atoms with Gasteiger partial charge in [0.25, 0.3) is 0 Å². The van der Waals surface area contributed by atoms with Crippen LogP contribution in [-0.4, -0.2) is 43.7 Å². The second-order valence-electron chi connectivity index (χ2n) is 4.70. The highest BCUT2D eigenvalue weighted by molar-refractivity contribution is 5.49. The van der Waals surface area contributed by atoms with Crippen LogP contribution in [0.25, 0.3) is 0 Å². The minimum Gasteiger partial charge on any atom is -0.362 e. The molecule has 0 spiro atoms. The molecule has 1 fully saturated rings. The first-order valence-electron chi connectivity index (χ1n) is 5.94. The molecule has 88 valence electrons. The first-order valence-corrected chi connectivity index (χ1v) is 5.94. The van der Waals surface area contributed by atoms with Crippen LogP contribution in [0.15, 0.2) is 30.3 Å². The molecule has 16 heavy (non-hydrogen) atoms. The monoisotopic (exact) mass is 219 g/mol. The number of benzene rings is 1. The zero-order valence-electron chi connectivity index (χ0n) is 10.1. The number of rotatable bonds is 2. The van der Waals surface area contributed by atoms with Gasteiger partial charge >= 0.3 is 0 Å². The van der Waals surface area contributed by atoms with Crippen molar-refractivity contribution < 1.29 is 0 Å². The molecule has 1 aromatic carbocycles. The first-order chi connectivity index (χ1) is 7.72. The van der Waals surface area contributed by atoms with Crippen LogP contribution < -0.4 is 10.6 Å². The third-order valence-corrected chi connectivity index (χ3v) is 3.29. The topological polar surface area (TPSA) is 32.5 Å². The predicted molar refractivity (Wildman–Crippen MR) is 68.7 cm³/mol. The van der Waals surface area contributed by atoms with Crippen molar-refractivity contribution in [1.82, 2.24) is 4.90 Å². The first kappa shape index (κ1) is 11.4. The molecule has 1 heterocycles. The number of hydrogen-bond donors (Lipinski definition) is 1. The highest BCUT2D eigenvalue weighted by Gasteiger charge is 2.29. The molecular weight excluding hydrogens is 198 g/mol. The van der Waals surface area contributed by atoms with Gasteiger partial charge in [0.05, 0.1) is 6.04 Å². The summed E-state index contributed by atoms with van der Waals surface area (Å²) in [5.74, 6) is 0. The van der Waals surface area contributed by atoms with E-state index in [0.29, 0.717) is 18.6 Å². The molecule has 0 aliphatic carbocycles. The average molecular weight is 219 g/mol. The van der Waals surface area contributed by atoms with Gasteiger partial charge in [0.1, 0.15) is 0 Å². The molecule has 2 unspecified atom stereocenters. The molecule has 1 aliphatic rings. The highest BCUT2D eigenvalue weighted by atomic mass is 15.3. The molecule has 0 aromatic heterocycles. The lowest BCUT2D eigenvalue weighted by molar-refractivity contribution is 0.235. The van der Waals surface area contributed by atoms with Crippen molar-refractivity contribution in [1.29, 1.82) is 0 Å². The summed E-state index contributed by atoms with van der Waals surface area (Å²) in [7, 11) is 2.17. The zero-order valence-corrected chi connectivity index (χ0v) is 10.1. The van der Waals surface area contributed by atoms with Crippen LogP contribution >= 0.6 is 0 Å². The molecule has 1 aromatic rings. The Kier molecular flexibility index (Phi) is 3.46. The van der Waals surface area contributed by atoms with Crippen molar-refractivity contribution in [3.8, 4) is 0 Å². The molecular formula is C13H21N3. The van der Waals surface area contributed by atoms with Gasteiger partial charge < -0.3 is 15.5 Å². The number of nitrogens with two attached hydrogens (primary N) is 1. The molecule has 3 heteroatoms. The Morgan fingerprint density at radius 2 is 1.94 bits per heavy atom. The van der Waals surface area contributed by atoms with E-state index in [2.05, 4.69) is 54.1 Å². The second-order valence-corrected chi connectivity index (χ2v) is 4.70. The van der Waals surface area contributed by atoms with Gasteiger partial charge in [0.2, 0.25) is 0 Å². The number of para-hydroxylation sites is 1. The van der Waals surface area contributed by atoms with Gasteiger partial charge in [-0.3, -0.25) is 0 Å². The van der Waals surface area contributed by atoms with Crippen molar-refractivity contribution in [3.05, 3.63) is 30.3 Å². The summed E-state index contributed by atoms with van der Waals surface area (Å²) in [6, 6.07) is 11.5. The summed E-state index contributed by atoms with van der Waals surface area (Å²) >= 11 is 0. The second kappa shape index (κ2) is 4.85. The molecule has 1 saturated heterocycles. The third-order valence-electron chi connectivity index (χ3n) is 3.29. The highest BCUT2D eigenvalue weighted by Crippen LogP contribution is 2.23. The maximum absolute atomic E-state index is 5.89. The average Bonchev–Trinajstić information content (AvgIpc) is 2.29. The number of likely N-dealkylation sites (N-methyl/N-ethyl adjacent to an activating group) is 1. The molecule has 3 nitrogen and oxygen atoms in total. The normalized spacial score (nSPS) is 27.1. The van der Waals surface area contributed by atoms with E-state index in [4.69, 9.17) is 5.73 Å². The summed E-state index contributed by atoms with van der Waals surface area (Å²) in [5.41, 5.74) is 7.18. The van der Waals surface area contributed by atoms with Crippen molar-refractivity contribution in [2.24, 2.45) is 5.73 Å². The predicted octanol–water partition coefficient (Wildman–Crippen LogP) is 1.15. The lowest BCUT2D eigenvalue weighted by atomic mass is 10.1. The van der Waals surface area contributed by atoms with E-state index >= 15 is 0 Å². The Morgan fingerprint density at radius 1 is 1.25 bits per heavy atom. The third kappa shape index (κ3) is 2.20. The van der Waals surface area contributed by atoms with Crippen molar-refractivity contribution >= 4 is 5.69 Å². The molecule has 0 radical (unpaired) electrons. The fourth-order valence-corrected chi connectivity index (χ4v) is 2.67. The number of anilines is 1. The smallest absolute Gasteiger partial charge is 0.0542 e. The molecule has 2 atom stereocenters. The number of piperazine rings is 1. The van der Waals surface area contributed by atoms with Gasteiger partial charge in [-0.1, -0.05) is 18.2 Å². The van der Waals surface area contributed by atoms with Gasteiger partial charge in [0, 0.05) is 31.4 Å². The lowest BCUT2D eigenvalue weighted by Crippen LogP contribution is -2.59. The lowest BCUT2D eigenvalue weighted by Gasteiger charge is -2.45. The van der Waals surface area contributed by atoms with Gasteiger partial charge in [0.15, 0.2) is 0 Å². The van der Waals surface area contributed by atoms with E-state index in [9.17, 15) is 0 Å². The minimum absolute atomic E-state index is 0.427. The number of nitrogens with zero attached hydrogens (tertiary/aromatic N) is 2. The Morgan fingerprint density at radius 3 is 2.56 bits per heavy atom. The zero-order chi connectivity index (χ0) is 11.5. The van der Waals surface area contributed by atoms with E-state index in [1.165, 1.54) is 5.69 Å².